The van der Waals surface area contributed by atoms with Gasteiger partial charge in [-0.1, -0.05) is 6.92 Å². The summed E-state index contributed by atoms with van der Waals surface area (Å²) in [6, 6.07) is 0. The molecule has 0 atom stereocenters. The summed E-state index contributed by atoms with van der Waals surface area (Å²) in [4.78, 5) is 0. The lowest BCUT2D eigenvalue weighted by Gasteiger charge is -1.77. The van der Waals surface area contributed by atoms with Crippen molar-refractivity contribution in [2.24, 2.45) is 0 Å². The molecule has 0 heterocycles. The van der Waals surface area contributed by atoms with Crippen molar-refractivity contribution in [1.82, 2.24) is 0 Å². The molecule has 0 spiro atoms. The van der Waals surface area contributed by atoms with E-state index in [9.17, 15) is 17.6 Å². The van der Waals surface area contributed by atoms with Gasteiger partial charge in [0.05, 0.1) is 6.33 Å². The molecule has 0 aliphatic heterocycles. The van der Waals surface area contributed by atoms with Gasteiger partial charge in [0, 0.05) is 0 Å². The van der Waals surface area contributed by atoms with Crippen LogP contribution in [0.15, 0.2) is 24.6 Å². The van der Waals surface area contributed by atoms with Crippen molar-refractivity contribution < 1.29 is 17.6 Å². The number of alkyl halides is 1. The number of allylic oxidation sites excluding steroid dienone is 2. The van der Waals surface area contributed by atoms with E-state index in [0.717, 1.165) is 6.08 Å². The molecule has 0 saturated heterocycles. The molecule has 0 unspecified atom stereocenters. The van der Waals surface area contributed by atoms with Crippen LogP contribution in [0.5, 0.6) is 0 Å². The lowest BCUT2D eigenvalue weighted by Crippen LogP contribution is -1.60. The SMILES string of the molecule is CCC(F)=CF.FC=CCF. The van der Waals surface area contributed by atoms with Crippen molar-refractivity contribution >= 4 is 0 Å². The van der Waals surface area contributed by atoms with Crippen LogP contribution in [0.3, 0.4) is 0 Å². The van der Waals surface area contributed by atoms with Crippen LogP contribution in [0.25, 0.3) is 0 Å². The number of halogens is 4. The molecule has 0 aliphatic rings. The van der Waals surface area contributed by atoms with Crippen LogP contribution >= 0.6 is 0 Å². The maximum atomic E-state index is 11.3. The number of hydrogen-bond acceptors (Lipinski definition) is 0. The maximum Gasteiger partial charge on any atom is 0.128 e. The van der Waals surface area contributed by atoms with Gasteiger partial charge in [0.1, 0.15) is 18.8 Å². The Morgan fingerprint density at radius 3 is 1.91 bits per heavy atom. The number of hydrogen-bond donors (Lipinski definition) is 0. The lowest BCUT2D eigenvalue weighted by atomic mass is 10.5. The molecule has 0 rings (SSSR count). The van der Waals surface area contributed by atoms with E-state index < -0.39 is 12.5 Å². The highest BCUT2D eigenvalue weighted by Crippen LogP contribution is 1.99. The van der Waals surface area contributed by atoms with Gasteiger partial charge in [0.2, 0.25) is 0 Å². The molecule has 0 aliphatic carbocycles. The Bertz CT molecular complexity index is 118. The van der Waals surface area contributed by atoms with E-state index >= 15 is 0 Å². The molecule has 0 aromatic carbocycles. The van der Waals surface area contributed by atoms with Crippen LogP contribution < -0.4 is 0 Å². The highest BCUT2D eigenvalue weighted by atomic mass is 19.2. The zero-order chi connectivity index (χ0) is 9.11. The third-order valence-corrected chi connectivity index (χ3v) is 0.634. The van der Waals surface area contributed by atoms with Crippen LogP contribution in [0.2, 0.25) is 0 Å². The van der Waals surface area contributed by atoms with E-state index in [-0.39, 0.29) is 19.1 Å². The normalized spacial score (nSPS) is 11.2. The van der Waals surface area contributed by atoms with Crippen LogP contribution in [-0.2, 0) is 0 Å². The summed E-state index contributed by atoms with van der Waals surface area (Å²) in [6.07, 6.45) is 1.09. The average Bonchev–Trinajstić information content (AvgIpc) is 2.06. The molecule has 4 heteroatoms. The molecular weight excluding hydrogens is 160 g/mol. The second kappa shape index (κ2) is 11.9. The van der Waals surface area contributed by atoms with E-state index in [0.29, 0.717) is 0 Å². The van der Waals surface area contributed by atoms with Crippen LogP contribution in [0, 0.1) is 0 Å². The van der Waals surface area contributed by atoms with E-state index in [2.05, 4.69) is 0 Å². The molecule has 0 amide bonds. The first-order valence-corrected chi connectivity index (χ1v) is 2.98. The molecule has 0 N–H and O–H groups in total. The summed E-state index contributed by atoms with van der Waals surface area (Å²) in [5, 5.41) is 0. The van der Waals surface area contributed by atoms with Crippen LogP contribution in [0.1, 0.15) is 13.3 Å². The van der Waals surface area contributed by atoms with E-state index in [1.54, 1.807) is 6.92 Å². The predicted molar refractivity (Wildman–Crippen MR) is 36.8 cm³/mol. The Labute approximate surface area is 63.2 Å². The van der Waals surface area contributed by atoms with Gasteiger partial charge in [0.15, 0.2) is 0 Å². The van der Waals surface area contributed by atoms with Crippen molar-refractivity contribution in [1.29, 1.82) is 0 Å². The summed E-state index contributed by atoms with van der Waals surface area (Å²) in [5.41, 5.74) is 0. The summed E-state index contributed by atoms with van der Waals surface area (Å²) < 4.78 is 43.4. The molecule has 11 heavy (non-hydrogen) atoms. The first-order valence-electron chi connectivity index (χ1n) is 2.98. The predicted octanol–water partition coefficient (Wildman–Crippen LogP) is 3.62. The quantitative estimate of drug-likeness (QED) is 0.555. The minimum Gasteiger partial charge on any atom is -0.246 e. The Morgan fingerprint density at radius 2 is 1.91 bits per heavy atom. The second-order valence-corrected chi connectivity index (χ2v) is 1.43. The fraction of sp³-hybridized carbons (Fsp3) is 0.429. The summed E-state index contributed by atoms with van der Waals surface area (Å²) in [7, 11) is 0. The highest BCUT2D eigenvalue weighted by molar-refractivity contribution is 4.81. The standard InChI is InChI=1S/C4H6F2.C3H4F2/c1-2-4(6)3-5;4-2-1-3-5/h3H,2H2,1H3;1-2H,3H2. The fourth-order valence-electron chi connectivity index (χ4n) is 0.111. The van der Waals surface area contributed by atoms with Crippen molar-refractivity contribution in [3.63, 3.8) is 0 Å². The molecule has 0 bridgehead atoms. The van der Waals surface area contributed by atoms with Crippen LogP contribution in [0.4, 0.5) is 17.6 Å². The van der Waals surface area contributed by atoms with Crippen molar-refractivity contribution in [2.75, 3.05) is 6.67 Å². The van der Waals surface area contributed by atoms with Crippen molar-refractivity contribution in [3.05, 3.63) is 24.6 Å². The highest BCUT2D eigenvalue weighted by Gasteiger charge is 1.82. The zero-order valence-corrected chi connectivity index (χ0v) is 6.16. The van der Waals surface area contributed by atoms with Crippen molar-refractivity contribution in [3.8, 4) is 0 Å². The molecule has 0 aromatic heterocycles. The van der Waals surface area contributed by atoms with Gasteiger partial charge in [-0.3, -0.25) is 0 Å². The Kier molecular flexibility index (Phi) is 13.9. The minimum atomic E-state index is -0.712. The zero-order valence-electron chi connectivity index (χ0n) is 6.16. The fourth-order valence-corrected chi connectivity index (χ4v) is 0.111. The third kappa shape index (κ3) is 17.6. The molecule has 0 aromatic rings. The summed E-state index contributed by atoms with van der Waals surface area (Å²) in [6.45, 7) is 0.835. The van der Waals surface area contributed by atoms with Gasteiger partial charge in [-0.2, -0.15) is 0 Å². The van der Waals surface area contributed by atoms with E-state index in [1.165, 1.54) is 0 Å². The Balaban J connectivity index is 0. The average molecular weight is 170 g/mol. The number of rotatable bonds is 2. The van der Waals surface area contributed by atoms with Crippen molar-refractivity contribution in [2.45, 2.75) is 13.3 Å². The Hall–Kier alpha value is -0.800. The molecule has 0 fully saturated rings. The minimum absolute atomic E-state index is 0.0278. The molecule has 0 saturated carbocycles. The molecule has 66 valence electrons. The smallest absolute Gasteiger partial charge is 0.128 e. The molecule has 0 radical (unpaired) electrons. The first kappa shape index (κ1) is 12.8. The van der Waals surface area contributed by atoms with Gasteiger partial charge in [-0.25, -0.2) is 17.6 Å². The third-order valence-electron chi connectivity index (χ3n) is 0.634. The molecular formula is C7H10F4. The lowest BCUT2D eigenvalue weighted by molar-refractivity contribution is 0.554. The topological polar surface area (TPSA) is 0 Å². The van der Waals surface area contributed by atoms with E-state index in [1.807, 2.05) is 0 Å². The van der Waals surface area contributed by atoms with Crippen LogP contribution in [-0.4, -0.2) is 6.67 Å². The first-order chi connectivity index (χ1) is 5.22. The maximum absolute atomic E-state index is 11.3. The Morgan fingerprint density at radius 1 is 1.36 bits per heavy atom. The monoisotopic (exact) mass is 170 g/mol. The summed E-state index contributed by atoms with van der Waals surface area (Å²) >= 11 is 0. The summed E-state index contributed by atoms with van der Waals surface area (Å²) in [5.74, 6) is -0.699. The van der Waals surface area contributed by atoms with E-state index in [4.69, 9.17) is 0 Å². The van der Waals surface area contributed by atoms with Gasteiger partial charge < -0.3 is 0 Å². The van der Waals surface area contributed by atoms with Gasteiger partial charge in [-0.05, 0) is 12.5 Å². The second-order valence-electron chi connectivity index (χ2n) is 1.43. The van der Waals surface area contributed by atoms with Gasteiger partial charge >= 0.3 is 0 Å². The van der Waals surface area contributed by atoms with Gasteiger partial charge in [0.25, 0.3) is 0 Å². The van der Waals surface area contributed by atoms with Gasteiger partial charge in [-0.15, -0.1) is 0 Å². The largest absolute Gasteiger partial charge is 0.246 e. The molecule has 0 nitrogen and oxygen atoms in total.